The Morgan fingerprint density at radius 2 is 2.00 bits per heavy atom. The van der Waals surface area contributed by atoms with E-state index in [9.17, 15) is 13.2 Å². The predicted molar refractivity (Wildman–Crippen MR) is 109 cm³/mol. The van der Waals surface area contributed by atoms with E-state index in [0.717, 1.165) is 37.0 Å². The lowest BCUT2D eigenvalue weighted by molar-refractivity contribution is -0.135. The number of rotatable bonds is 13. The van der Waals surface area contributed by atoms with Gasteiger partial charge >= 0.3 is 5.97 Å². The highest BCUT2D eigenvalue weighted by molar-refractivity contribution is 7.89. The van der Waals surface area contributed by atoms with Crippen molar-refractivity contribution in [3.63, 3.8) is 0 Å². The quantitative estimate of drug-likeness (QED) is 0.430. The monoisotopic (exact) mass is 412 g/mol. The van der Waals surface area contributed by atoms with Crippen molar-refractivity contribution in [2.75, 3.05) is 18.8 Å². The van der Waals surface area contributed by atoms with Gasteiger partial charge in [0, 0.05) is 6.04 Å². The van der Waals surface area contributed by atoms with E-state index < -0.39 is 16.0 Å². The van der Waals surface area contributed by atoms with E-state index in [1.807, 2.05) is 31.2 Å². The second-order valence-electron chi connectivity index (χ2n) is 7.39. The third-order valence-electron chi connectivity index (χ3n) is 4.86. The minimum Gasteiger partial charge on any atom is -0.490 e. The third kappa shape index (κ3) is 8.58. The summed E-state index contributed by atoms with van der Waals surface area (Å²) in [4.78, 5) is 10.4. The minimum atomic E-state index is -3.38. The van der Waals surface area contributed by atoms with Gasteiger partial charge in [0.15, 0.2) is 0 Å². The summed E-state index contributed by atoms with van der Waals surface area (Å²) in [7, 11) is -3.38. The molecule has 0 amide bonds. The molecule has 1 aromatic rings. The van der Waals surface area contributed by atoms with E-state index in [0.29, 0.717) is 13.0 Å². The maximum Gasteiger partial charge on any atom is 0.317 e. The van der Waals surface area contributed by atoms with E-state index in [1.165, 1.54) is 12.8 Å². The molecule has 1 aliphatic rings. The van der Waals surface area contributed by atoms with Crippen LogP contribution in [0.5, 0.6) is 5.75 Å². The van der Waals surface area contributed by atoms with Gasteiger partial charge < -0.3 is 15.2 Å². The zero-order chi connectivity index (χ0) is 20.4. The Morgan fingerprint density at radius 3 is 2.71 bits per heavy atom. The molecule has 0 radical (unpaired) electrons. The van der Waals surface area contributed by atoms with Crippen LogP contribution in [-0.4, -0.2) is 44.4 Å². The summed E-state index contributed by atoms with van der Waals surface area (Å²) < 4.78 is 33.4. The average Bonchev–Trinajstić information content (AvgIpc) is 3.13. The number of hydrogen-bond donors (Lipinski definition) is 3. The topological polar surface area (TPSA) is 105 Å². The number of nitrogens with one attached hydrogen (secondary N) is 2. The highest BCUT2D eigenvalue weighted by Gasteiger charge is 2.18. The number of carboxylic acids is 1. The first-order chi connectivity index (χ1) is 13.4. The highest BCUT2D eigenvalue weighted by atomic mass is 32.2. The van der Waals surface area contributed by atoms with E-state index in [-0.39, 0.29) is 24.4 Å². The number of sulfonamides is 1. The molecule has 0 bridgehead atoms. The summed E-state index contributed by atoms with van der Waals surface area (Å²) >= 11 is 0. The Balaban J connectivity index is 1.74. The largest absolute Gasteiger partial charge is 0.490 e. The zero-order valence-electron chi connectivity index (χ0n) is 16.5. The highest BCUT2D eigenvalue weighted by Crippen LogP contribution is 2.26. The smallest absolute Gasteiger partial charge is 0.317 e. The first-order valence-electron chi connectivity index (χ1n) is 10.0. The third-order valence-corrected chi connectivity index (χ3v) is 6.40. The SMILES string of the molecule is C[C@@H](NS(=O)(=O)CCCCCNCC(=O)O)c1cccc(OC2CCCC2)c1. The molecule has 0 heterocycles. The van der Waals surface area contributed by atoms with Crippen LogP contribution in [0.4, 0.5) is 0 Å². The molecule has 1 aromatic carbocycles. The fraction of sp³-hybridized carbons (Fsp3) is 0.650. The lowest BCUT2D eigenvalue weighted by Crippen LogP contribution is -2.29. The lowest BCUT2D eigenvalue weighted by Gasteiger charge is -2.17. The van der Waals surface area contributed by atoms with Gasteiger partial charge in [-0.2, -0.15) is 0 Å². The summed E-state index contributed by atoms with van der Waals surface area (Å²) in [5.74, 6) is -0.0306. The normalized spacial score (nSPS) is 16.2. The molecule has 0 unspecified atom stereocenters. The first kappa shape index (κ1) is 22.6. The summed E-state index contributed by atoms with van der Waals surface area (Å²) in [6.45, 7) is 2.34. The van der Waals surface area contributed by atoms with Crippen LogP contribution < -0.4 is 14.8 Å². The molecule has 1 atom stereocenters. The van der Waals surface area contributed by atoms with Gasteiger partial charge in [-0.3, -0.25) is 4.79 Å². The molecule has 28 heavy (non-hydrogen) atoms. The molecule has 0 aromatic heterocycles. The average molecular weight is 413 g/mol. The lowest BCUT2D eigenvalue weighted by atomic mass is 10.1. The maximum absolute atomic E-state index is 12.3. The molecule has 1 fully saturated rings. The van der Waals surface area contributed by atoms with Crippen LogP contribution in [0.2, 0.25) is 0 Å². The Kier molecular flexibility index (Phi) is 9.21. The molecule has 1 aliphatic carbocycles. The van der Waals surface area contributed by atoms with Crippen LogP contribution in [0.1, 0.15) is 63.5 Å². The summed E-state index contributed by atoms with van der Waals surface area (Å²) in [5.41, 5.74) is 0.886. The molecule has 0 spiro atoms. The van der Waals surface area contributed by atoms with Crippen molar-refractivity contribution in [1.82, 2.24) is 10.0 Å². The number of aliphatic carboxylic acids is 1. The standard InChI is InChI=1S/C20H32N2O5S/c1-16(17-8-7-11-19(14-17)27-18-9-3-4-10-18)22-28(25,26)13-6-2-5-12-21-15-20(23)24/h7-8,11,14,16,18,21-22H,2-6,9-10,12-13,15H2,1H3,(H,23,24)/t16-/m1/s1. The summed E-state index contributed by atoms with van der Waals surface area (Å²) in [6.07, 6.45) is 6.86. The second-order valence-corrected chi connectivity index (χ2v) is 9.26. The molecule has 3 N–H and O–H groups in total. The molecule has 0 saturated heterocycles. The van der Waals surface area contributed by atoms with Crippen LogP contribution in [0.25, 0.3) is 0 Å². The van der Waals surface area contributed by atoms with Crippen molar-refractivity contribution in [3.05, 3.63) is 29.8 Å². The number of carboxylic acid groups (broad SMARTS) is 1. The Labute approximate surface area is 167 Å². The number of unbranched alkanes of at least 4 members (excludes halogenated alkanes) is 2. The van der Waals surface area contributed by atoms with Gasteiger partial charge in [0.25, 0.3) is 0 Å². The van der Waals surface area contributed by atoms with E-state index >= 15 is 0 Å². The maximum atomic E-state index is 12.3. The molecule has 8 heteroatoms. The van der Waals surface area contributed by atoms with Crippen LogP contribution in [-0.2, 0) is 14.8 Å². The van der Waals surface area contributed by atoms with E-state index in [4.69, 9.17) is 9.84 Å². The van der Waals surface area contributed by atoms with Gasteiger partial charge in [-0.15, -0.1) is 0 Å². The summed E-state index contributed by atoms with van der Waals surface area (Å²) in [5, 5.41) is 11.3. The molecule has 2 rings (SSSR count). The zero-order valence-corrected chi connectivity index (χ0v) is 17.3. The van der Waals surface area contributed by atoms with Crippen molar-refractivity contribution >= 4 is 16.0 Å². The number of hydrogen-bond acceptors (Lipinski definition) is 5. The number of benzene rings is 1. The van der Waals surface area contributed by atoms with Gasteiger partial charge in [0.1, 0.15) is 5.75 Å². The van der Waals surface area contributed by atoms with E-state index in [2.05, 4.69) is 10.0 Å². The van der Waals surface area contributed by atoms with Crippen LogP contribution in [0, 0.1) is 0 Å². The summed E-state index contributed by atoms with van der Waals surface area (Å²) in [6, 6.07) is 7.31. The molecule has 0 aliphatic heterocycles. The van der Waals surface area contributed by atoms with Gasteiger partial charge in [0.05, 0.1) is 18.4 Å². The van der Waals surface area contributed by atoms with Gasteiger partial charge in [0.2, 0.25) is 10.0 Å². The predicted octanol–water partition coefficient (Wildman–Crippen LogP) is 2.83. The molecular formula is C20H32N2O5S. The fourth-order valence-corrected chi connectivity index (χ4v) is 4.74. The molecular weight excluding hydrogens is 380 g/mol. The van der Waals surface area contributed by atoms with Crippen molar-refractivity contribution in [2.24, 2.45) is 0 Å². The first-order valence-corrected chi connectivity index (χ1v) is 11.7. The minimum absolute atomic E-state index is 0.0640. The van der Waals surface area contributed by atoms with Crippen molar-refractivity contribution in [1.29, 1.82) is 0 Å². The van der Waals surface area contributed by atoms with Crippen molar-refractivity contribution in [3.8, 4) is 5.75 Å². The van der Waals surface area contributed by atoms with Crippen LogP contribution in [0.3, 0.4) is 0 Å². The van der Waals surface area contributed by atoms with Gasteiger partial charge in [-0.25, -0.2) is 13.1 Å². The molecule has 1 saturated carbocycles. The number of ether oxygens (including phenoxy) is 1. The van der Waals surface area contributed by atoms with Crippen LogP contribution >= 0.6 is 0 Å². The van der Waals surface area contributed by atoms with E-state index in [1.54, 1.807) is 0 Å². The van der Waals surface area contributed by atoms with Crippen LogP contribution in [0.15, 0.2) is 24.3 Å². The Hall–Kier alpha value is -1.64. The molecule has 7 nitrogen and oxygen atoms in total. The molecule has 158 valence electrons. The Morgan fingerprint density at radius 1 is 1.25 bits per heavy atom. The fourth-order valence-electron chi connectivity index (χ4n) is 3.37. The van der Waals surface area contributed by atoms with Crippen molar-refractivity contribution in [2.45, 2.75) is 64.0 Å². The second kappa shape index (κ2) is 11.4. The van der Waals surface area contributed by atoms with Gasteiger partial charge in [-0.05, 0) is 69.7 Å². The van der Waals surface area contributed by atoms with Crippen molar-refractivity contribution < 1.29 is 23.1 Å². The van der Waals surface area contributed by atoms with Gasteiger partial charge in [-0.1, -0.05) is 18.6 Å². The Bertz CT molecular complexity index is 717. The number of carbonyl (C=O) groups is 1.